The molecule has 2 aromatic carbocycles. The predicted molar refractivity (Wildman–Crippen MR) is 99.9 cm³/mol. The number of hydrogen-bond acceptors (Lipinski definition) is 2. The summed E-state index contributed by atoms with van der Waals surface area (Å²) in [6, 6.07) is 14.0. The summed E-state index contributed by atoms with van der Waals surface area (Å²) in [4.78, 5) is 12.3. The van der Waals surface area contributed by atoms with Crippen molar-refractivity contribution in [3.63, 3.8) is 0 Å². The molecule has 0 bridgehead atoms. The van der Waals surface area contributed by atoms with Gasteiger partial charge < -0.3 is 10.1 Å². The van der Waals surface area contributed by atoms with Crippen molar-refractivity contribution in [1.82, 2.24) is 0 Å². The molecule has 1 amide bonds. The molecular formula is C21H27NO2. The van der Waals surface area contributed by atoms with Gasteiger partial charge in [0.1, 0.15) is 5.75 Å². The third-order valence-corrected chi connectivity index (χ3v) is 4.11. The Morgan fingerprint density at radius 3 is 2.25 bits per heavy atom. The molecule has 0 saturated heterocycles. The van der Waals surface area contributed by atoms with Crippen LogP contribution in [0.5, 0.6) is 5.75 Å². The minimum atomic E-state index is -0.140. The first-order valence-electron chi connectivity index (χ1n) is 8.50. The van der Waals surface area contributed by atoms with Gasteiger partial charge in [0.15, 0.2) is 6.61 Å². The fourth-order valence-corrected chi connectivity index (χ4v) is 2.62. The molecule has 0 radical (unpaired) electrons. The number of carbonyl (C=O) groups is 1. The highest BCUT2D eigenvalue weighted by Gasteiger charge is 2.12. The maximum absolute atomic E-state index is 12.3. The third-order valence-electron chi connectivity index (χ3n) is 4.11. The number of benzene rings is 2. The topological polar surface area (TPSA) is 38.3 Å². The van der Waals surface area contributed by atoms with Gasteiger partial charge in [0, 0.05) is 5.69 Å². The van der Waals surface area contributed by atoms with Crippen LogP contribution in [0, 0.1) is 6.92 Å². The van der Waals surface area contributed by atoms with E-state index in [1.54, 1.807) is 0 Å². The number of aryl methyl sites for hydroxylation is 1. The number of ether oxygens (including phenoxy) is 1. The molecule has 2 rings (SSSR count). The first-order valence-corrected chi connectivity index (χ1v) is 8.50. The normalized spacial score (nSPS) is 11.0. The Hall–Kier alpha value is -2.29. The molecule has 3 nitrogen and oxygen atoms in total. The summed E-state index contributed by atoms with van der Waals surface area (Å²) in [5.74, 6) is 1.41. The summed E-state index contributed by atoms with van der Waals surface area (Å²) in [6.07, 6.45) is 0. The van der Waals surface area contributed by atoms with Crippen LogP contribution >= 0.6 is 0 Å². The number of hydrogen-bond donors (Lipinski definition) is 1. The van der Waals surface area contributed by atoms with Crippen molar-refractivity contribution in [3.05, 3.63) is 59.2 Å². The van der Waals surface area contributed by atoms with E-state index in [1.807, 2.05) is 43.3 Å². The second kappa shape index (κ2) is 8.00. The third kappa shape index (κ3) is 4.60. The van der Waals surface area contributed by atoms with E-state index in [0.717, 1.165) is 16.8 Å². The minimum Gasteiger partial charge on any atom is -0.484 e. The van der Waals surface area contributed by atoms with Crippen molar-refractivity contribution in [3.8, 4) is 5.75 Å². The fourth-order valence-electron chi connectivity index (χ4n) is 2.62. The Balaban J connectivity index is 1.99. The van der Waals surface area contributed by atoms with E-state index in [0.29, 0.717) is 17.6 Å². The van der Waals surface area contributed by atoms with Crippen LogP contribution in [0.4, 0.5) is 5.69 Å². The molecule has 0 aliphatic heterocycles. The molecule has 1 N–H and O–H groups in total. The van der Waals surface area contributed by atoms with Crippen LogP contribution in [0.25, 0.3) is 0 Å². The van der Waals surface area contributed by atoms with Crippen LogP contribution < -0.4 is 10.1 Å². The monoisotopic (exact) mass is 325 g/mol. The average molecular weight is 325 g/mol. The molecule has 0 saturated carbocycles. The maximum Gasteiger partial charge on any atom is 0.262 e. The molecule has 128 valence electrons. The summed E-state index contributed by atoms with van der Waals surface area (Å²) in [5, 5.41) is 3.00. The summed E-state index contributed by atoms with van der Waals surface area (Å²) in [7, 11) is 0. The molecule has 3 heteroatoms. The quantitative estimate of drug-likeness (QED) is 0.787. The maximum atomic E-state index is 12.3. The lowest BCUT2D eigenvalue weighted by atomic mass is 9.98. The first-order chi connectivity index (χ1) is 11.4. The van der Waals surface area contributed by atoms with Gasteiger partial charge in [0.05, 0.1) is 0 Å². The average Bonchev–Trinajstić information content (AvgIpc) is 2.55. The van der Waals surface area contributed by atoms with Gasteiger partial charge >= 0.3 is 0 Å². The van der Waals surface area contributed by atoms with Gasteiger partial charge in [-0.1, -0.05) is 58.0 Å². The SMILES string of the molecule is Cc1cccc(C(C)C)c1NC(=O)COc1ccc(C(C)C)cc1. The van der Waals surface area contributed by atoms with Crippen LogP contribution in [0.2, 0.25) is 0 Å². The van der Waals surface area contributed by atoms with Gasteiger partial charge in [-0.3, -0.25) is 4.79 Å². The molecular weight excluding hydrogens is 298 g/mol. The fraction of sp³-hybridized carbons (Fsp3) is 0.381. The van der Waals surface area contributed by atoms with E-state index in [9.17, 15) is 4.79 Å². The second-order valence-electron chi connectivity index (χ2n) is 6.75. The molecule has 0 aliphatic rings. The molecule has 0 aliphatic carbocycles. The predicted octanol–water partition coefficient (Wildman–Crippen LogP) is 5.26. The van der Waals surface area contributed by atoms with Gasteiger partial charge in [0.25, 0.3) is 5.91 Å². The summed E-state index contributed by atoms with van der Waals surface area (Å²) in [5.41, 5.74) is 4.37. The molecule has 24 heavy (non-hydrogen) atoms. The van der Waals surface area contributed by atoms with Crippen LogP contribution in [-0.2, 0) is 4.79 Å². The van der Waals surface area contributed by atoms with Crippen LogP contribution in [0.15, 0.2) is 42.5 Å². The van der Waals surface area contributed by atoms with E-state index in [4.69, 9.17) is 4.74 Å². The highest BCUT2D eigenvalue weighted by atomic mass is 16.5. The van der Waals surface area contributed by atoms with Crippen LogP contribution in [-0.4, -0.2) is 12.5 Å². The van der Waals surface area contributed by atoms with E-state index in [2.05, 4.69) is 39.1 Å². The zero-order valence-electron chi connectivity index (χ0n) is 15.2. The lowest BCUT2D eigenvalue weighted by Gasteiger charge is -2.16. The van der Waals surface area contributed by atoms with Gasteiger partial charge in [-0.15, -0.1) is 0 Å². The Bertz CT molecular complexity index is 687. The highest BCUT2D eigenvalue weighted by Crippen LogP contribution is 2.27. The molecule has 2 aromatic rings. The van der Waals surface area contributed by atoms with Crippen LogP contribution in [0.1, 0.15) is 56.2 Å². The lowest BCUT2D eigenvalue weighted by molar-refractivity contribution is -0.118. The zero-order chi connectivity index (χ0) is 17.7. The Morgan fingerprint density at radius 1 is 1.00 bits per heavy atom. The van der Waals surface area contributed by atoms with Crippen molar-refractivity contribution in [1.29, 1.82) is 0 Å². The zero-order valence-corrected chi connectivity index (χ0v) is 15.2. The number of amides is 1. The summed E-state index contributed by atoms with van der Waals surface area (Å²) in [6.45, 7) is 10.6. The van der Waals surface area contributed by atoms with Crippen molar-refractivity contribution in [2.75, 3.05) is 11.9 Å². The Morgan fingerprint density at radius 2 is 1.67 bits per heavy atom. The molecule has 0 heterocycles. The standard InChI is InChI=1S/C21H27NO2/c1-14(2)17-9-11-18(12-10-17)24-13-20(23)22-21-16(5)7-6-8-19(21)15(3)4/h6-12,14-15H,13H2,1-5H3,(H,22,23). The summed E-state index contributed by atoms with van der Waals surface area (Å²) >= 11 is 0. The van der Waals surface area contributed by atoms with Gasteiger partial charge in [0.2, 0.25) is 0 Å². The smallest absolute Gasteiger partial charge is 0.262 e. The molecule has 0 atom stereocenters. The van der Waals surface area contributed by atoms with Crippen LogP contribution in [0.3, 0.4) is 0 Å². The number of rotatable bonds is 6. The second-order valence-corrected chi connectivity index (χ2v) is 6.75. The van der Waals surface area contributed by atoms with E-state index < -0.39 is 0 Å². The molecule has 0 unspecified atom stereocenters. The Kier molecular flexibility index (Phi) is 6.02. The summed E-state index contributed by atoms with van der Waals surface area (Å²) < 4.78 is 5.60. The van der Waals surface area contributed by atoms with E-state index >= 15 is 0 Å². The van der Waals surface area contributed by atoms with Crippen molar-refractivity contribution >= 4 is 11.6 Å². The van der Waals surface area contributed by atoms with Crippen molar-refractivity contribution in [2.45, 2.75) is 46.5 Å². The van der Waals surface area contributed by atoms with Gasteiger partial charge in [-0.25, -0.2) is 0 Å². The lowest BCUT2D eigenvalue weighted by Crippen LogP contribution is -2.21. The molecule has 0 spiro atoms. The van der Waals surface area contributed by atoms with Crippen molar-refractivity contribution < 1.29 is 9.53 Å². The van der Waals surface area contributed by atoms with Crippen molar-refractivity contribution in [2.24, 2.45) is 0 Å². The number of para-hydroxylation sites is 1. The van der Waals surface area contributed by atoms with E-state index in [1.165, 1.54) is 5.56 Å². The molecule has 0 aromatic heterocycles. The Labute approximate surface area is 145 Å². The van der Waals surface area contributed by atoms with Gasteiger partial charge in [-0.2, -0.15) is 0 Å². The highest BCUT2D eigenvalue weighted by molar-refractivity contribution is 5.93. The van der Waals surface area contributed by atoms with E-state index in [-0.39, 0.29) is 12.5 Å². The number of anilines is 1. The molecule has 0 fully saturated rings. The minimum absolute atomic E-state index is 0.00684. The largest absolute Gasteiger partial charge is 0.484 e. The number of carbonyl (C=O) groups excluding carboxylic acids is 1. The number of nitrogens with one attached hydrogen (secondary N) is 1. The van der Waals surface area contributed by atoms with Gasteiger partial charge in [-0.05, 0) is 47.6 Å². The first kappa shape index (κ1) is 18.1.